The number of carbonyl (C=O) groups is 1. The highest BCUT2D eigenvalue weighted by molar-refractivity contribution is 7.90. The number of aromatic nitrogens is 2. The van der Waals surface area contributed by atoms with Crippen molar-refractivity contribution in [3.63, 3.8) is 0 Å². The quantitative estimate of drug-likeness (QED) is 0.385. The molecule has 3 aromatic carbocycles. The number of amides is 1. The van der Waals surface area contributed by atoms with Gasteiger partial charge in [-0.15, -0.1) is 12.6 Å². The van der Waals surface area contributed by atoms with Crippen LogP contribution in [0.25, 0.3) is 27.1 Å². The van der Waals surface area contributed by atoms with Crippen molar-refractivity contribution in [1.29, 1.82) is 0 Å². The second-order valence-electron chi connectivity index (χ2n) is 6.17. The van der Waals surface area contributed by atoms with Crippen LogP contribution < -0.4 is 10.5 Å². The van der Waals surface area contributed by atoms with Crippen LogP contribution in [0, 0.1) is 0 Å². The zero-order chi connectivity index (χ0) is 19.5. The van der Waals surface area contributed by atoms with Crippen molar-refractivity contribution in [3.8, 4) is 22.6 Å². The third kappa shape index (κ3) is 3.77. The van der Waals surface area contributed by atoms with Crippen LogP contribution in [-0.2, 0) is 4.79 Å². The Balaban J connectivity index is 1.60. The van der Waals surface area contributed by atoms with Gasteiger partial charge in [-0.3, -0.25) is 4.79 Å². The van der Waals surface area contributed by atoms with E-state index in [4.69, 9.17) is 10.5 Å². The summed E-state index contributed by atoms with van der Waals surface area (Å²) in [4.78, 5) is 11.1. The first-order chi connectivity index (χ1) is 13.6. The minimum Gasteiger partial charge on any atom is -0.457 e. The fraction of sp³-hybridized carbons (Fsp3) is 0. The molecule has 0 saturated heterocycles. The van der Waals surface area contributed by atoms with Crippen molar-refractivity contribution in [2.45, 2.75) is 0 Å². The maximum Gasteiger partial charge on any atom is 0.244 e. The molecule has 1 amide bonds. The summed E-state index contributed by atoms with van der Waals surface area (Å²) in [6, 6.07) is 23.6. The SMILES string of the molecule is NC(=O)/C=C(\S)n1ncc2cc(-c3ccc(Oc4ccccc4)cc3)ccc21. The van der Waals surface area contributed by atoms with E-state index >= 15 is 0 Å². The molecule has 1 heterocycles. The van der Waals surface area contributed by atoms with Crippen molar-refractivity contribution in [2.75, 3.05) is 0 Å². The average molecular weight is 387 g/mol. The van der Waals surface area contributed by atoms with Crippen molar-refractivity contribution >= 4 is 34.5 Å². The highest BCUT2D eigenvalue weighted by atomic mass is 32.1. The highest BCUT2D eigenvalue weighted by Crippen LogP contribution is 2.29. The van der Waals surface area contributed by atoms with E-state index in [2.05, 4.69) is 17.7 Å². The molecule has 0 saturated carbocycles. The Morgan fingerprint density at radius 2 is 1.64 bits per heavy atom. The maximum absolute atomic E-state index is 11.1. The molecular formula is C22H17N3O2S. The van der Waals surface area contributed by atoms with Crippen LogP contribution in [0.4, 0.5) is 0 Å². The van der Waals surface area contributed by atoms with Gasteiger partial charge in [0.2, 0.25) is 5.91 Å². The number of ether oxygens (including phenoxy) is 1. The predicted molar refractivity (Wildman–Crippen MR) is 114 cm³/mol. The number of benzene rings is 3. The number of primary amides is 1. The third-order valence-electron chi connectivity index (χ3n) is 4.22. The number of carbonyl (C=O) groups excluding carboxylic acids is 1. The van der Waals surface area contributed by atoms with Gasteiger partial charge in [0.05, 0.1) is 11.7 Å². The Bertz CT molecular complexity index is 1170. The van der Waals surface area contributed by atoms with Gasteiger partial charge in [-0.05, 0) is 47.5 Å². The molecule has 0 bridgehead atoms. The van der Waals surface area contributed by atoms with Gasteiger partial charge in [-0.2, -0.15) is 5.10 Å². The first kappa shape index (κ1) is 17.9. The van der Waals surface area contributed by atoms with Crippen molar-refractivity contribution in [2.24, 2.45) is 5.73 Å². The van der Waals surface area contributed by atoms with Gasteiger partial charge in [0.15, 0.2) is 0 Å². The number of nitrogens with two attached hydrogens (primary N) is 1. The zero-order valence-electron chi connectivity index (χ0n) is 14.8. The van der Waals surface area contributed by atoms with Crippen LogP contribution in [0.3, 0.4) is 0 Å². The molecule has 4 aromatic rings. The summed E-state index contributed by atoms with van der Waals surface area (Å²) in [5.74, 6) is 1.01. The molecule has 0 spiro atoms. The van der Waals surface area contributed by atoms with E-state index in [0.717, 1.165) is 33.5 Å². The second-order valence-corrected chi connectivity index (χ2v) is 6.63. The molecule has 4 rings (SSSR count). The van der Waals surface area contributed by atoms with Gasteiger partial charge in [-0.1, -0.05) is 36.4 Å². The lowest BCUT2D eigenvalue weighted by atomic mass is 10.0. The number of thiol groups is 1. The van der Waals surface area contributed by atoms with E-state index < -0.39 is 5.91 Å². The number of rotatable bonds is 5. The molecule has 0 atom stereocenters. The first-order valence-corrected chi connectivity index (χ1v) is 9.06. The van der Waals surface area contributed by atoms with Gasteiger partial charge in [0.25, 0.3) is 0 Å². The third-order valence-corrected chi connectivity index (χ3v) is 4.54. The monoisotopic (exact) mass is 387 g/mol. The van der Waals surface area contributed by atoms with E-state index in [9.17, 15) is 4.79 Å². The van der Waals surface area contributed by atoms with E-state index in [1.165, 1.54) is 6.08 Å². The van der Waals surface area contributed by atoms with Crippen LogP contribution in [0.5, 0.6) is 11.5 Å². The summed E-state index contributed by atoms with van der Waals surface area (Å²) >= 11 is 4.30. The zero-order valence-corrected chi connectivity index (χ0v) is 15.7. The lowest BCUT2D eigenvalue weighted by Crippen LogP contribution is -2.08. The van der Waals surface area contributed by atoms with Gasteiger partial charge in [0, 0.05) is 11.5 Å². The lowest BCUT2D eigenvalue weighted by Gasteiger charge is -2.07. The summed E-state index contributed by atoms with van der Waals surface area (Å²) in [5, 5.41) is 5.60. The maximum atomic E-state index is 11.1. The van der Waals surface area contributed by atoms with E-state index in [0.29, 0.717) is 5.03 Å². The van der Waals surface area contributed by atoms with Crippen molar-refractivity contribution in [3.05, 3.63) is 85.1 Å². The molecule has 2 N–H and O–H groups in total. The summed E-state index contributed by atoms with van der Waals surface area (Å²) in [5.41, 5.74) is 8.15. The van der Waals surface area contributed by atoms with Crippen LogP contribution in [-0.4, -0.2) is 15.7 Å². The number of hydrogen-bond donors (Lipinski definition) is 2. The molecule has 1 aromatic heterocycles. The Labute approximate surface area is 167 Å². The minimum absolute atomic E-state index is 0.373. The minimum atomic E-state index is -0.567. The molecule has 0 aliphatic carbocycles. The van der Waals surface area contributed by atoms with Crippen molar-refractivity contribution < 1.29 is 9.53 Å². The van der Waals surface area contributed by atoms with Crippen LogP contribution in [0.2, 0.25) is 0 Å². The average Bonchev–Trinajstić information content (AvgIpc) is 3.12. The molecule has 0 radical (unpaired) electrons. The van der Waals surface area contributed by atoms with Crippen LogP contribution in [0.1, 0.15) is 0 Å². The Hall–Kier alpha value is -3.51. The van der Waals surface area contributed by atoms with E-state index in [1.54, 1.807) is 10.9 Å². The molecule has 0 aliphatic rings. The number of hydrogen-bond acceptors (Lipinski definition) is 4. The van der Waals surface area contributed by atoms with Crippen LogP contribution >= 0.6 is 12.6 Å². The highest BCUT2D eigenvalue weighted by Gasteiger charge is 2.08. The van der Waals surface area contributed by atoms with Gasteiger partial charge in [0.1, 0.15) is 16.5 Å². The summed E-state index contributed by atoms with van der Waals surface area (Å²) in [7, 11) is 0. The van der Waals surface area contributed by atoms with E-state index in [1.807, 2.05) is 72.8 Å². The first-order valence-electron chi connectivity index (χ1n) is 8.62. The van der Waals surface area contributed by atoms with E-state index in [-0.39, 0.29) is 0 Å². The Kier molecular flexibility index (Phi) is 4.87. The Morgan fingerprint density at radius 3 is 2.36 bits per heavy atom. The molecule has 5 nitrogen and oxygen atoms in total. The smallest absolute Gasteiger partial charge is 0.244 e. The number of nitrogens with zero attached hydrogens (tertiary/aromatic N) is 2. The number of fused-ring (bicyclic) bond motifs is 1. The Morgan fingerprint density at radius 1 is 0.964 bits per heavy atom. The molecule has 28 heavy (non-hydrogen) atoms. The fourth-order valence-corrected chi connectivity index (χ4v) is 3.21. The van der Waals surface area contributed by atoms with Gasteiger partial charge < -0.3 is 10.5 Å². The fourth-order valence-electron chi connectivity index (χ4n) is 2.92. The lowest BCUT2D eigenvalue weighted by molar-refractivity contribution is -0.113. The molecule has 0 unspecified atom stereocenters. The van der Waals surface area contributed by atoms with Gasteiger partial charge in [-0.25, -0.2) is 4.68 Å². The largest absolute Gasteiger partial charge is 0.457 e. The molecular weight excluding hydrogens is 370 g/mol. The summed E-state index contributed by atoms with van der Waals surface area (Å²) in [6.45, 7) is 0. The van der Waals surface area contributed by atoms with Crippen molar-refractivity contribution in [1.82, 2.24) is 9.78 Å². The molecule has 6 heteroatoms. The topological polar surface area (TPSA) is 70.1 Å². The standard InChI is InChI=1S/C22H17N3O2S/c23-21(26)13-22(28)25-20-11-8-16(12-17(20)14-24-25)15-6-9-19(10-7-15)27-18-4-2-1-3-5-18/h1-14,28H,(H2,23,26)/b22-13-. The molecule has 138 valence electrons. The summed E-state index contributed by atoms with van der Waals surface area (Å²) in [6.07, 6.45) is 2.96. The normalized spacial score (nSPS) is 11.5. The second kappa shape index (κ2) is 7.62. The predicted octanol–water partition coefficient (Wildman–Crippen LogP) is 4.71. The van der Waals surface area contributed by atoms with Gasteiger partial charge >= 0.3 is 0 Å². The summed E-state index contributed by atoms with van der Waals surface area (Å²) < 4.78 is 7.41. The molecule has 0 fully saturated rings. The van der Waals surface area contributed by atoms with Crippen LogP contribution in [0.15, 0.2) is 85.1 Å². The molecule has 0 aliphatic heterocycles. The number of para-hydroxylation sites is 1.